The van der Waals surface area contributed by atoms with Crippen LogP contribution in [0.15, 0.2) is 0 Å². The molecule has 104 valence electrons. The number of carbonyl (C=O) groups is 1. The molecule has 0 radical (unpaired) electrons. The molecule has 0 atom stereocenters. The zero-order valence-electron chi connectivity index (χ0n) is 10.6. The largest absolute Gasteiger partial charge is 0.459 e. The molecule has 0 bridgehead atoms. The normalized spacial score (nSPS) is 18.6. The Labute approximate surface area is 108 Å². The van der Waals surface area contributed by atoms with Gasteiger partial charge in [0.15, 0.2) is 0 Å². The highest BCUT2D eigenvalue weighted by Crippen LogP contribution is 2.34. The van der Waals surface area contributed by atoms with Gasteiger partial charge in [-0.2, -0.15) is 0 Å². The minimum absolute atomic E-state index is 0. The zero-order chi connectivity index (χ0) is 11.5. The van der Waals surface area contributed by atoms with Crippen molar-refractivity contribution in [2.24, 2.45) is 5.41 Å². The fourth-order valence-electron chi connectivity index (χ4n) is 1.91. The van der Waals surface area contributed by atoms with E-state index in [9.17, 15) is 4.79 Å². The van der Waals surface area contributed by atoms with E-state index in [-0.39, 0.29) is 31.8 Å². The first-order valence-electron chi connectivity index (χ1n) is 6.13. The van der Waals surface area contributed by atoms with E-state index in [1.165, 1.54) is 19.3 Å². The fourth-order valence-corrected chi connectivity index (χ4v) is 1.91. The maximum Gasteiger partial charge on any atom is 0.312 e. The molecule has 0 spiro atoms. The summed E-state index contributed by atoms with van der Waals surface area (Å²) in [6.45, 7) is 8.03. The van der Waals surface area contributed by atoms with Gasteiger partial charge in [0.1, 0.15) is 5.60 Å². The number of ether oxygens (including phenoxy) is 1. The molecule has 1 fully saturated rings. The Morgan fingerprint density at radius 1 is 1.18 bits per heavy atom. The molecule has 0 heterocycles. The van der Waals surface area contributed by atoms with Crippen LogP contribution >= 0.6 is 0 Å². The molecule has 1 aliphatic carbocycles. The first kappa shape index (κ1) is 18.8. The second kappa shape index (κ2) is 7.03. The molecule has 0 saturated heterocycles. The van der Waals surface area contributed by atoms with Crippen LogP contribution in [0.1, 0.15) is 81.1 Å². The standard InChI is InChI=1S/C13H24O2.2CH4/c1-5-12(2,3)11(14)15-13(4)9-7-6-8-10-13;;/h5-10H2,1-4H3;2*1H4. The summed E-state index contributed by atoms with van der Waals surface area (Å²) in [5, 5.41) is 0. The molecule has 0 aromatic carbocycles. The van der Waals surface area contributed by atoms with Crippen molar-refractivity contribution in [3.8, 4) is 0 Å². The highest BCUT2D eigenvalue weighted by atomic mass is 16.6. The second-order valence-electron chi connectivity index (χ2n) is 5.64. The van der Waals surface area contributed by atoms with Crippen LogP contribution in [0.25, 0.3) is 0 Å². The zero-order valence-corrected chi connectivity index (χ0v) is 10.6. The van der Waals surface area contributed by atoms with Crippen molar-refractivity contribution in [2.45, 2.75) is 86.7 Å². The van der Waals surface area contributed by atoms with Crippen molar-refractivity contribution in [1.29, 1.82) is 0 Å². The Morgan fingerprint density at radius 2 is 1.65 bits per heavy atom. The highest BCUT2D eigenvalue weighted by Gasteiger charge is 2.36. The monoisotopic (exact) mass is 244 g/mol. The van der Waals surface area contributed by atoms with E-state index < -0.39 is 0 Å². The van der Waals surface area contributed by atoms with Crippen molar-refractivity contribution >= 4 is 5.97 Å². The van der Waals surface area contributed by atoms with Gasteiger partial charge in [-0.05, 0) is 52.9 Å². The highest BCUT2D eigenvalue weighted by molar-refractivity contribution is 5.76. The van der Waals surface area contributed by atoms with Crippen molar-refractivity contribution in [1.82, 2.24) is 0 Å². The summed E-state index contributed by atoms with van der Waals surface area (Å²) in [6.07, 6.45) is 6.55. The van der Waals surface area contributed by atoms with Gasteiger partial charge in [0.25, 0.3) is 0 Å². The topological polar surface area (TPSA) is 26.3 Å². The average Bonchev–Trinajstić information content (AvgIpc) is 2.18. The Kier molecular flexibility index (Phi) is 7.78. The summed E-state index contributed by atoms with van der Waals surface area (Å²) in [6, 6.07) is 0. The summed E-state index contributed by atoms with van der Waals surface area (Å²) >= 11 is 0. The first-order chi connectivity index (χ1) is 6.90. The van der Waals surface area contributed by atoms with Crippen molar-refractivity contribution < 1.29 is 9.53 Å². The number of hydrogen-bond acceptors (Lipinski definition) is 2. The van der Waals surface area contributed by atoms with Crippen LogP contribution in [0.2, 0.25) is 0 Å². The lowest BCUT2D eigenvalue weighted by molar-refractivity contribution is -0.172. The molecule has 0 N–H and O–H groups in total. The number of esters is 1. The van der Waals surface area contributed by atoms with Crippen LogP contribution in [-0.4, -0.2) is 11.6 Å². The predicted molar refractivity (Wildman–Crippen MR) is 75.1 cm³/mol. The SMILES string of the molecule is C.C.CCC(C)(C)C(=O)OC1(C)CCCCC1. The van der Waals surface area contributed by atoms with Gasteiger partial charge >= 0.3 is 5.97 Å². The van der Waals surface area contributed by atoms with E-state index in [0.29, 0.717) is 0 Å². The van der Waals surface area contributed by atoms with Crippen LogP contribution in [0.4, 0.5) is 0 Å². The molecule has 0 aromatic heterocycles. The molecule has 1 aliphatic rings. The van der Waals surface area contributed by atoms with Crippen molar-refractivity contribution in [2.75, 3.05) is 0 Å². The Balaban J connectivity index is 0. The van der Waals surface area contributed by atoms with E-state index in [1.807, 2.05) is 20.8 Å². The van der Waals surface area contributed by atoms with Gasteiger partial charge in [-0.1, -0.05) is 28.2 Å². The van der Waals surface area contributed by atoms with Gasteiger partial charge in [0.2, 0.25) is 0 Å². The molecule has 0 aromatic rings. The average molecular weight is 244 g/mol. The number of rotatable bonds is 3. The molecule has 1 saturated carbocycles. The van der Waals surface area contributed by atoms with Crippen LogP contribution in [0.5, 0.6) is 0 Å². The number of hydrogen-bond donors (Lipinski definition) is 0. The third kappa shape index (κ3) is 5.10. The van der Waals surface area contributed by atoms with Gasteiger partial charge in [0, 0.05) is 0 Å². The molecule has 2 heteroatoms. The summed E-state index contributed by atoms with van der Waals surface area (Å²) < 4.78 is 5.70. The minimum atomic E-state index is -0.333. The van der Waals surface area contributed by atoms with E-state index in [4.69, 9.17) is 4.74 Å². The molecule has 2 nitrogen and oxygen atoms in total. The maximum absolute atomic E-state index is 11.9. The van der Waals surface area contributed by atoms with Gasteiger partial charge in [-0.3, -0.25) is 4.79 Å². The lowest BCUT2D eigenvalue weighted by atomic mass is 9.85. The molecule has 0 unspecified atom stereocenters. The molecule has 0 amide bonds. The lowest BCUT2D eigenvalue weighted by Gasteiger charge is -2.36. The molecule has 0 aliphatic heterocycles. The third-order valence-corrected chi connectivity index (χ3v) is 3.69. The molecule has 1 rings (SSSR count). The number of carbonyl (C=O) groups excluding carboxylic acids is 1. The van der Waals surface area contributed by atoms with E-state index in [0.717, 1.165) is 19.3 Å². The first-order valence-corrected chi connectivity index (χ1v) is 6.13. The third-order valence-electron chi connectivity index (χ3n) is 3.69. The fraction of sp³-hybridized carbons (Fsp3) is 0.933. The second-order valence-corrected chi connectivity index (χ2v) is 5.64. The lowest BCUT2D eigenvalue weighted by Crippen LogP contribution is -2.38. The Bertz CT molecular complexity index is 225. The minimum Gasteiger partial charge on any atom is -0.459 e. The van der Waals surface area contributed by atoms with Gasteiger partial charge in [-0.25, -0.2) is 0 Å². The molecular weight excluding hydrogens is 212 g/mol. The molecule has 17 heavy (non-hydrogen) atoms. The Hall–Kier alpha value is -0.530. The Morgan fingerprint density at radius 3 is 2.06 bits per heavy atom. The van der Waals surface area contributed by atoms with Gasteiger partial charge in [-0.15, -0.1) is 0 Å². The van der Waals surface area contributed by atoms with Crippen LogP contribution < -0.4 is 0 Å². The summed E-state index contributed by atoms with van der Waals surface area (Å²) in [5.74, 6) is -0.0330. The summed E-state index contributed by atoms with van der Waals surface area (Å²) in [5.41, 5.74) is -0.526. The maximum atomic E-state index is 11.9. The quantitative estimate of drug-likeness (QED) is 0.656. The van der Waals surface area contributed by atoms with Crippen molar-refractivity contribution in [3.63, 3.8) is 0 Å². The van der Waals surface area contributed by atoms with E-state index in [1.54, 1.807) is 0 Å². The smallest absolute Gasteiger partial charge is 0.312 e. The van der Waals surface area contributed by atoms with Crippen LogP contribution in [0, 0.1) is 5.41 Å². The van der Waals surface area contributed by atoms with Gasteiger partial charge in [0.05, 0.1) is 5.41 Å². The molecular formula is C15H32O2. The van der Waals surface area contributed by atoms with E-state index >= 15 is 0 Å². The summed E-state index contributed by atoms with van der Waals surface area (Å²) in [7, 11) is 0. The van der Waals surface area contributed by atoms with Gasteiger partial charge < -0.3 is 4.74 Å². The predicted octanol–water partition coefficient (Wildman–Crippen LogP) is 4.96. The van der Waals surface area contributed by atoms with Crippen LogP contribution in [0.3, 0.4) is 0 Å². The van der Waals surface area contributed by atoms with E-state index in [2.05, 4.69) is 6.92 Å². The van der Waals surface area contributed by atoms with Crippen molar-refractivity contribution in [3.05, 3.63) is 0 Å². The van der Waals surface area contributed by atoms with Crippen LogP contribution in [-0.2, 0) is 9.53 Å². The summed E-state index contributed by atoms with van der Waals surface area (Å²) in [4.78, 5) is 11.9.